The summed E-state index contributed by atoms with van der Waals surface area (Å²) in [6, 6.07) is 19.3. The molecule has 10 heteroatoms. The molecule has 2 heterocycles. The lowest BCUT2D eigenvalue weighted by atomic mass is 9.78. The Labute approximate surface area is 261 Å². The normalized spacial score (nSPS) is 27.3. The summed E-state index contributed by atoms with van der Waals surface area (Å²) < 4.78 is 32.5. The molecule has 0 saturated carbocycles. The zero-order valence-electron chi connectivity index (χ0n) is 25.0. The third-order valence-corrected chi connectivity index (χ3v) is 9.09. The molecule has 0 radical (unpaired) electrons. The van der Waals surface area contributed by atoms with E-state index in [1.807, 2.05) is 24.3 Å². The molecule has 8 atom stereocenters. The second kappa shape index (κ2) is 14.9. The monoisotopic (exact) mass is 625 g/mol. The van der Waals surface area contributed by atoms with Crippen LogP contribution in [-0.2, 0) is 16.0 Å². The third-order valence-electron chi connectivity index (χ3n) is 9.09. The Morgan fingerprint density at radius 3 is 2.02 bits per heavy atom. The summed E-state index contributed by atoms with van der Waals surface area (Å²) in [5.41, 5.74) is 3.25. The molecule has 2 aliphatic heterocycles. The molecule has 1 amide bonds. The first-order valence-corrected chi connectivity index (χ1v) is 15.6. The Hall–Kier alpha value is -3.25. The lowest BCUT2D eigenvalue weighted by Gasteiger charge is -2.48. The third kappa shape index (κ3) is 7.60. The quantitative estimate of drug-likeness (QED) is 0.143. The number of carbonyl (C=O) groups is 1. The van der Waals surface area contributed by atoms with Crippen LogP contribution in [-0.4, -0.2) is 68.6 Å². The number of aliphatic hydroxyl groups excluding tert-OH is 5. The lowest BCUT2D eigenvalue weighted by Crippen LogP contribution is -2.58. The minimum atomic E-state index is -1.36. The molecule has 3 aromatic rings. The number of ether oxygens (including phenoxy) is 1. The average Bonchev–Trinajstić information content (AvgIpc) is 3.04. The molecule has 3 aromatic carbocycles. The number of β-lactam (4-membered cyclic amide) rings is 1. The van der Waals surface area contributed by atoms with Gasteiger partial charge in [0.1, 0.15) is 36.1 Å². The van der Waals surface area contributed by atoms with Crippen molar-refractivity contribution in [2.45, 2.75) is 87.6 Å². The van der Waals surface area contributed by atoms with E-state index in [9.17, 15) is 39.1 Å². The molecular formula is C35H41F2NO7. The number of nitrogens with zero attached hydrogens (tertiary/aromatic N) is 1. The maximum absolute atomic E-state index is 13.6. The summed E-state index contributed by atoms with van der Waals surface area (Å²) in [7, 11) is 0. The molecule has 5 N–H and O–H groups in total. The Morgan fingerprint density at radius 2 is 1.38 bits per heavy atom. The predicted molar refractivity (Wildman–Crippen MR) is 163 cm³/mol. The molecule has 2 fully saturated rings. The van der Waals surface area contributed by atoms with Crippen molar-refractivity contribution in [3.63, 3.8) is 0 Å². The number of aryl methyl sites for hydroxylation is 1. The van der Waals surface area contributed by atoms with Gasteiger partial charge >= 0.3 is 0 Å². The molecule has 242 valence electrons. The number of benzene rings is 3. The second-order valence-electron chi connectivity index (χ2n) is 12.1. The average molecular weight is 626 g/mol. The highest BCUT2D eigenvalue weighted by molar-refractivity contribution is 6.03. The number of unbranched alkanes of at least 4 members (excludes halogenated alkanes) is 2. The fourth-order valence-electron chi connectivity index (χ4n) is 6.44. The van der Waals surface area contributed by atoms with Gasteiger partial charge in [-0.05, 0) is 85.2 Å². The number of carbonyl (C=O) groups excluding carboxylic acids is 1. The van der Waals surface area contributed by atoms with E-state index in [0.29, 0.717) is 30.5 Å². The standard InChI is InChI=1S/C35H41F2NO7/c36-24-12-10-22(11-13-24)28(40)19-18-27-31(38(35(27)44)26-16-14-25(37)15-17-26)23-8-6-21(7-9-23)4-2-1-3-5-29-32(41)34(43)33(42)30(20-39)45-29/h6-17,27-34,39-43H,1-5,18-20H2/t27-,28+,29+,30-,31-,32+,33-,34-/m1/s1. The molecular weight excluding hydrogens is 584 g/mol. The van der Waals surface area contributed by atoms with Crippen LogP contribution in [0.15, 0.2) is 72.8 Å². The Kier molecular flexibility index (Phi) is 11.0. The summed E-state index contributed by atoms with van der Waals surface area (Å²) in [4.78, 5) is 15.0. The zero-order valence-corrected chi connectivity index (χ0v) is 25.0. The predicted octanol–water partition coefficient (Wildman–Crippen LogP) is 4.13. The number of anilines is 1. The highest BCUT2D eigenvalue weighted by atomic mass is 19.1. The number of rotatable bonds is 13. The summed E-state index contributed by atoms with van der Waals surface area (Å²) in [5, 5.41) is 50.2. The van der Waals surface area contributed by atoms with Gasteiger partial charge < -0.3 is 35.2 Å². The number of aliphatic hydroxyl groups is 5. The van der Waals surface area contributed by atoms with Crippen molar-refractivity contribution in [3.05, 3.63) is 101 Å². The van der Waals surface area contributed by atoms with E-state index in [-0.39, 0.29) is 29.5 Å². The summed E-state index contributed by atoms with van der Waals surface area (Å²) in [6.07, 6.45) is -1.77. The van der Waals surface area contributed by atoms with E-state index in [1.54, 1.807) is 29.2 Å². The van der Waals surface area contributed by atoms with Crippen molar-refractivity contribution < 1.29 is 43.8 Å². The maximum atomic E-state index is 13.6. The van der Waals surface area contributed by atoms with E-state index in [0.717, 1.165) is 36.8 Å². The SMILES string of the molecule is O=C1[C@H](CC[C@H](O)c2ccc(F)cc2)[C@@H](c2ccc(CCCCC[C@@H]3O[C@H](CO)[C@@H](O)[C@H](O)[C@H]3O)cc2)N1c1ccc(F)cc1. The minimum absolute atomic E-state index is 0.0959. The van der Waals surface area contributed by atoms with Crippen molar-refractivity contribution in [2.24, 2.45) is 5.92 Å². The molecule has 45 heavy (non-hydrogen) atoms. The van der Waals surface area contributed by atoms with Gasteiger partial charge in [-0.3, -0.25) is 4.79 Å². The van der Waals surface area contributed by atoms with Gasteiger partial charge in [0.2, 0.25) is 5.91 Å². The highest BCUT2D eigenvalue weighted by Gasteiger charge is 2.48. The smallest absolute Gasteiger partial charge is 0.233 e. The van der Waals surface area contributed by atoms with Gasteiger partial charge in [0.05, 0.1) is 30.8 Å². The Morgan fingerprint density at radius 1 is 0.756 bits per heavy atom. The fraction of sp³-hybridized carbons (Fsp3) is 0.457. The van der Waals surface area contributed by atoms with Crippen molar-refractivity contribution in [3.8, 4) is 0 Å². The van der Waals surface area contributed by atoms with Crippen LogP contribution in [0.3, 0.4) is 0 Å². The summed E-state index contributed by atoms with van der Waals surface area (Å²) in [5.74, 6) is -1.24. The molecule has 0 aromatic heterocycles. The maximum Gasteiger partial charge on any atom is 0.233 e. The van der Waals surface area contributed by atoms with Crippen LogP contribution in [0.5, 0.6) is 0 Å². The van der Waals surface area contributed by atoms with Gasteiger partial charge in [0, 0.05) is 5.69 Å². The van der Waals surface area contributed by atoms with E-state index in [1.165, 1.54) is 24.3 Å². The molecule has 0 aliphatic carbocycles. The van der Waals surface area contributed by atoms with Crippen LogP contribution in [0.4, 0.5) is 14.5 Å². The molecule has 0 bridgehead atoms. The first kappa shape index (κ1) is 33.1. The Balaban J connectivity index is 1.18. The number of hydrogen-bond acceptors (Lipinski definition) is 7. The van der Waals surface area contributed by atoms with Crippen LogP contribution in [0.1, 0.15) is 67.4 Å². The highest BCUT2D eigenvalue weighted by Crippen LogP contribution is 2.46. The number of hydrogen-bond donors (Lipinski definition) is 5. The van der Waals surface area contributed by atoms with Gasteiger partial charge in [0.25, 0.3) is 0 Å². The second-order valence-corrected chi connectivity index (χ2v) is 12.1. The van der Waals surface area contributed by atoms with E-state index >= 15 is 0 Å². The van der Waals surface area contributed by atoms with Crippen molar-refractivity contribution in [1.82, 2.24) is 0 Å². The molecule has 8 nitrogen and oxygen atoms in total. The van der Waals surface area contributed by atoms with Crippen LogP contribution >= 0.6 is 0 Å². The van der Waals surface area contributed by atoms with Gasteiger partial charge in [-0.1, -0.05) is 49.2 Å². The largest absolute Gasteiger partial charge is 0.394 e. The van der Waals surface area contributed by atoms with Crippen LogP contribution < -0.4 is 4.90 Å². The van der Waals surface area contributed by atoms with Gasteiger partial charge in [0.15, 0.2) is 0 Å². The lowest BCUT2D eigenvalue weighted by molar-refractivity contribution is -0.230. The van der Waals surface area contributed by atoms with Gasteiger partial charge in [-0.25, -0.2) is 8.78 Å². The zero-order chi connectivity index (χ0) is 32.1. The van der Waals surface area contributed by atoms with Crippen molar-refractivity contribution >= 4 is 11.6 Å². The first-order valence-electron chi connectivity index (χ1n) is 15.6. The first-order chi connectivity index (χ1) is 21.7. The van der Waals surface area contributed by atoms with Crippen molar-refractivity contribution in [1.29, 1.82) is 0 Å². The van der Waals surface area contributed by atoms with Gasteiger partial charge in [-0.15, -0.1) is 0 Å². The molecule has 0 spiro atoms. The van der Waals surface area contributed by atoms with Crippen LogP contribution in [0.2, 0.25) is 0 Å². The van der Waals surface area contributed by atoms with Crippen molar-refractivity contribution in [2.75, 3.05) is 11.5 Å². The fourth-order valence-corrected chi connectivity index (χ4v) is 6.44. The minimum Gasteiger partial charge on any atom is -0.394 e. The van der Waals surface area contributed by atoms with E-state index in [2.05, 4.69) is 0 Å². The molecule has 5 rings (SSSR count). The number of amides is 1. The van der Waals surface area contributed by atoms with Crippen LogP contribution in [0, 0.1) is 17.6 Å². The number of halogens is 2. The Bertz CT molecular complexity index is 1390. The summed E-state index contributed by atoms with van der Waals surface area (Å²) in [6.45, 7) is -0.438. The summed E-state index contributed by atoms with van der Waals surface area (Å²) >= 11 is 0. The van der Waals surface area contributed by atoms with Gasteiger partial charge in [-0.2, -0.15) is 0 Å². The molecule has 2 aliphatic rings. The van der Waals surface area contributed by atoms with Crippen LogP contribution in [0.25, 0.3) is 0 Å². The van der Waals surface area contributed by atoms with E-state index in [4.69, 9.17) is 4.74 Å². The molecule has 0 unspecified atom stereocenters. The topological polar surface area (TPSA) is 131 Å². The van der Waals surface area contributed by atoms with E-state index < -0.39 is 43.2 Å². The molecule has 2 saturated heterocycles.